The molecule has 11 heteroatoms. The summed E-state index contributed by atoms with van der Waals surface area (Å²) in [6, 6.07) is 2.07. The lowest BCUT2D eigenvalue weighted by molar-refractivity contribution is -0.139. The number of likely N-dealkylation sites (tertiary alicyclic amines) is 1. The van der Waals surface area contributed by atoms with Gasteiger partial charge in [0.1, 0.15) is 0 Å². The molecular formula is C18H18F3N5O3. The monoisotopic (exact) mass is 409 g/mol. The Morgan fingerprint density at radius 1 is 1.17 bits per heavy atom. The van der Waals surface area contributed by atoms with Crippen molar-refractivity contribution in [3.05, 3.63) is 41.3 Å². The summed E-state index contributed by atoms with van der Waals surface area (Å²) >= 11 is 0. The number of aromatic nitrogens is 3. The molecule has 2 aromatic rings. The van der Waals surface area contributed by atoms with E-state index in [1.54, 1.807) is 6.92 Å². The number of hydrogen-bond acceptors (Lipinski definition) is 5. The van der Waals surface area contributed by atoms with Gasteiger partial charge < -0.3 is 5.32 Å². The van der Waals surface area contributed by atoms with Crippen LogP contribution in [-0.4, -0.2) is 50.5 Å². The minimum atomic E-state index is -4.49. The Morgan fingerprint density at radius 3 is 2.45 bits per heavy atom. The first kappa shape index (κ1) is 20.5. The molecular weight excluding hydrogens is 391 g/mol. The number of carbonyl (C=O) groups is 3. The summed E-state index contributed by atoms with van der Waals surface area (Å²) in [7, 11) is 0. The van der Waals surface area contributed by atoms with Crippen molar-refractivity contribution in [2.45, 2.75) is 32.4 Å². The molecule has 3 heterocycles. The Bertz CT molecular complexity index is 921. The van der Waals surface area contributed by atoms with Crippen LogP contribution in [0.4, 0.5) is 13.2 Å². The molecule has 0 radical (unpaired) electrons. The van der Waals surface area contributed by atoms with Gasteiger partial charge >= 0.3 is 6.18 Å². The van der Waals surface area contributed by atoms with Crippen LogP contribution in [0.2, 0.25) is 0 Å². The van der Waals surface area contributed by atoms with E-state index in [1.807, 2.05) is 0 Å². The maximum atomic E-state index is 12.6. The zero-order chi connectivity index (χ0) is 21.2. The Kier molecular flexibility index (Phi) is 5.66. The molecule has 154 valence electrons. The lowest BCUT2D eigenvalue weighted by Gasteiger charge is -2.13. The lowest BCUT2D eigenvalue weighted by atomic mass is 10.2. The van der Waals surface area contributed by atoms with Gasteiger partial charge in [0.2, 0.25) is 11.8 Å². The van der Waals surface area contributed by atoms with E-state index >= 15 is 0 Å². The normalized spacial score (nSPS) is 14.6. The summed E-state index contributed by atoms with van der Waals surface area (Å²) in [4.78, 5) is 40.3. The first-order valence-electron chi connectivity index (χ1n) is 8.88. The third kappa shape index (κ3) is 4.44. The molecule has 2 aromatic heterocycles. The summed E-state index contributed by atoms with van der Waals surface area (Å²) in [6.07, 6.45) is -1.62. The van der Waals surface area contributed by atoms with Crippen molar-refractivity contribution in [1.82, 2.24) is 25.0 Å². The highest BCUT2D eigenvalue weighted by atomic mass is 19.4. The molecule has 1 N–H and O–H groups in total. The molecule has 8 nitrogen and oxygen atoms in total. The average molecular weight is 409 g/mol. The molecule has 29 heavy (non-hydrogen) atoms. The number of alkyl halides is 3. The van der Waals surface area contributed by atoms with Gasteiger partial charge in [-0.3, -0.25) is 19.3 Å². The second kappa shape index (κ2) is 8.02. The van der Waals surface area contributed by atoms with Crippen LogP contribution >= 0.6 is 0 Å². The number of amides is 3. The molecule has 0 aliphatic carbocycles. The van der Waals surface area contributed by atoms with Crippen LogP contribution in [0.3, 0.4) is 0 Å². The largest absolute Gasteiger partial charge is 0.417 e. The van der Waals surface area contributed by atoms with Crippen molar-refractivity contribution in [2.75, 3.05) is 13.1 Å². The van der Waals surface area contributed by atoms with Gasteiger partial charge in [-0.25, -0.2) is 9.67 Å². The average Bonchev–Trinajstić information content (AvgIpc) is 3.21. The van der Waals surface area contributed by atoms with Crippen molar-refractivity contribution in [2.24, 2.45) is 0 Å². The highest BCUT2D eigenvalue weighted by Gasteiger charge is 2.31. The van der Waals surface area contributed by atoms with Crippen LogP contribution in [0, 0.1) is 6.92 Å². The molecule has 0 unspecified atom stereocenters. The molecule has 3 rings (SSSR count). The van der Waals surface area contributed by atoms with E-state index in [9.17, 15) is 27.6 Å². The van der Waals surface area contributed by atoms with Crippen LogP contribution in [0.15, 0.2) is 24.5 Å². The van der Waals surface area contributed by atoms with Gasteiger partial charge in [-0.1, -0.05) is 0 Å². The minimum absolute atomic E-state index is 0.153. The highest BCUT2D eigenvalue weighted by molar-refractivity contribution is 6.01. The Morgan fingerprint density at radius 2 is 1.86 bits per heavy atom. The van der Waals surface area contributed by atoms with Crippen molar-refractivity contribution in [3.8, 4) is 5.82 Å². The second-order valence-corrected chi connectivity index (χ2v) is 6.51. The molecule has 3 amide bonds. The Balaban J connectivity index is 1.59. The van der Waals surface area contributed by atoms with Crippen molar-refractivity contribution < 1.29 is 27.6 Å². The van der Waals surface area contributed by atoms with Gasteiger partial charge in [0.05, 0.1) is 23.0 Å². The van der Waals surface area contributed by atoms with E-state index in [4.69, 9.17) is 0 Å². The van der Waals surface area contributed by atoms with E-state index in [2.05, 4.69) is 15.4 Å². The zero-order valence-electron chi connectivity index (χ0n) is 15.5. The van der Waals surface area contributed by atoms with Crippen LogP contribution in [0.5, 0.6) is 0 Å². The second-order valence-electron chi connectivity index (χ2n) is 6.51. The standard InChI is InChI=1S/C18H18F3N5O3/c1-11-13(17(29)22-7-2-8-25-15(27)5-6-16(25)28)10-24-26(11)14-4-3-12(9-23-14)18(19,20)21/h3-4,9-10H,2,5-8H2,1H3,(H,22,29). The van der Waals surface area contributed by atoms with Crippen molar-refractivity contribution >= 4 is 17.7 Å². The summed E-state index contributed by atoms with van der Waals surface area (Å²) in [5, 5.41) is 6.70. The summed E-state index contributed by atoms with van der Waals surface area (Å²) in [5.41, 5.74) is -0.210. The summed E-state index contributed by atoms with van der Waals surface area (Å²) in [6.45, 7) is 2.09. The predicted octanol–water partition coefficient (Wildman–Crippen LogP) is 1.86. The van der Waals surface area contributed by atoms with Gasteiger partial charge in [0.25, 0.3) is 5.91 Å². The molecule has 1 saturated heterocycles. The van der Waals surface area contributed by atoms with Gasteiger partial charge in [0.15, 0.2) is 5.82 Å². The third-order valence-corrected chi connectivity index (χ3v) is 4.55. The number of pyridine rings is 1. The topological polar surface area (TPSA) is 97.2 Å². The Hall–Kier alpha value is -3.24. The number of carbonyl (C=O) groups excluding carboxylic acids is 3. The number of imide groups is 1. The lowest BCUT2D eigenvalue weighted by Crippen LogP contribution is -2.33. The quantitative estimate of drug-likeness (QED) is 0.580. The van der Waals surface area contributed by atoms with Crippen LogP contribution in [0.25, 0.3) is 5.82 Å². The van der Waals surface area contributed by atoms with Gasteiger partial charge in [0, 0.05) is 32.1 Å². The van der Waals surface area contributed by atoms with Crippen LogP contribution < -0.4 is 5.32 Å². The molecule has 1 aliphatic rings. The van der Waals surface area contributed by atoms with Crippen molar-refractivity contribution in [1.29, 1.82) is 0 Å². The van der Waals surface area contributed by atoms with Gasteiger partial charge in [-0.2, -0.15) is 18.3 Å². The predicted molar refractivity (Wildman–Crippen MR) is 94.0 cm³/mol. The molecule has 1 aliphatic heterocycles. The maximum absolute atomic E-state index is 12.6. The zero-order valence-corrected chi connectivity index (χ0v) is 15.5. The number of nitrogens with one attached hydrogen (secondary N) is 1. The Labute approximate surface area is 163 Å². The molecule has 0 spiro atoms. The summed E-state index contributed by atoms with van der Waals surface area (Å²) < 4.78 is 39.2. The third-order valence-electron chi connectivity index (χ3n) is 4.55. The minimum Gasteiger partial charge on any atom is -0.352 e. The van der Waals surface area contributed by atoms with E-state index in [0.717, 1.165) is 6.07 Å². The number of nitrogens with zero attached hydrogens (tertiary/aromatic N) is 4. The van der Waals surface area contributed by atoms with E-state index in [1.165, 1.54) is 21.8 Å². The van der Waals surface area contributed by atoms with E-state index in [-0.39, 0.29) is 49.1 Å². The molecule has 0 saturated carbocycles. The van der Waals surface area contributed by atoms with Crippen LogP contribution in [-0.2, 0) is 15.8 Å². The fourth-order valence-electron chi connectivity index (χ4n) is 2.95. The first-order valence-corrected chi connectivity index (χ1v) is 8.88. The number of rotatable bonds is 6. The van der Waals surface area contributed by atoms with Crippen molar-refractivity contribution in [3.63, 3.8) is 0 Å². The van der Waals surface area contributed by atoms with E-state index in [0.29, 0.717) is 18.3 Å². The molecule has 1 fully saturated rings. The fourth-order valence-corrected chi connectivity index (χ4v) is 2.95. The number of hydrogen-bond donors (Lipinski definition) is 1. The highest BCUT2D eigenvalue weighted by Crippen LogP contribution is 2.28. The summed E-state index contributed by atoms with van der Waals surface area (Å²) in [5.74, 6) is -0.676. The van der Waals surface area contributed by atoms with Crippen LogP contribution in [0.1, 0.15) is 40.9 Å². The smallest absolute Gasteiger partial charge is 0.352 e. The number of halogens is 3. The molecule has 0 atom stereocenters. The van der Waals surface area contributed by atoms with E-state index < -0.39 is 17.6 Å². The molecule has 0 aromatic carbocycles. The van der Waals surface area contributed by atoms with Gasteiger partial charge in [-0.15, -0.1) is 0 Å². The van der Waals surface area contributed by atoms with Gasteiger partial charge in [-0.05, 0) is 25.5 Å². The SMILES string of the molecule is Cc1c(C(=O)NCCCN2C(=O)CCC2=O)cnn1-c1ccc(C(F)(F)F)cn1. The fraction of sp³-hybridized carbons (Fsp3) is 0.389. The molecule has 0 bridgehead atoms. The first-order chi connectivity index (χ1) is 13.7. The maximum Gasteiger partial charge on any atom is 0.417 e.